The summed E-state index contributed by atoms with van der Waals surface area (Å²) < 4.78 is 2.02. The molecule has 150 valence electrons. The van der Waals surface area contributed by atoms with E-state index < -0.39 is 0 Å². The molecule has 1 atom stereocenters. The molecule has 5 heteroatoms. The second-order valence-electron chi connectivity index (χ2n) is 7.94. The molecule has 3 aromatic rings. The molecule has 1 unspecified atom stereocenters. The Labute approximate surface area is 172 Å². The molecule has 4 rings (SSSR count). The first-order chi connectivity index (χ1) is 14.1. The molecule has 1 amide bonds. The first kappa shape index (κ1) is 19.4. The second-order valence-corrected chi connectivity index (χ2v) is 7.94. The lowest BCUT2D eigenvalue weighted by atomic mass is 9.94. The molecule has 0 spiro atoms. The number of hydrogen-bond donors (Lipinski definition) is 1. The summed E-state index contributed by atoms with van der Waals surface area (Å²) in [4.78, 5) is 17.0. The Bertz CT molecular complexity index is 993. The van der Waals surface area contributed by atoms with Crippen LogP contribution in [0, 0.1) is 13.8 Å². The summed E-state index contributed by atoms with van der Waals surface area (Å²) in [6.45, 7) is 4.79. The van der Waals surface area contributed by atoms with Crippen molar-refractivity contribution < 1.29 is 4.79 Å². The largest absolute Gasteiger partial charge is 0.345 e. The van der Waals surface area contributed by atoms with Gasteiger partial charge in [0.05, 0.1) is 12.2 Å². The van der Waals surface area contributed by atoms with Crippen molar-refractivity contribution in [1.29, 1.82) is 0 Å². The van der Waals surface area contributed by atoms with E-state index >= 15 is 0 Å². The van der Waals surface area contributed by atoms with Gasteiger partial charge in [0.15, 0.2) is 0 Å². The molecule has 0 fully saturated rings. The quantitative estimate of drug-likeness (QED) is 0.692. The van der Waals surface area contributed by atoms with Gasteiger partial charge >= 0.3 is 0 Å². The van der Waals surface area contributed by atoms with Crippen LogP contribution in [0.5, 0.6) is 0 Å². The number of nitrogens with one attached hydrogen (secondary N) is 1. The van der Waals surface area contributed by atoms with E-state index in [1.54, 1.807) is 12.4 Å². The number of carbonyl (C=O) groups is 1. The number of benzene rings is 1. The molecule has 1 aliphatic carbocycles. The molecule has 0 radical (unpaired) electrons. The Morgan fingerprint density at radius 3 is 2.76 bits per heavy atom. The van der Waals surface area contributed by atoms with E-state index in [9.17, 15) is 4.79 Å². The van der Waals surface area contributed by atoms with Crippen LogP contribution in [0.4, 0.5) is 0 Å². The number of aromatic nitrogens is 3. The van der Waals surface area contributed by atoms with E-state index in [0.29, 0.717) is 13.0 Å². The van der Waals surface area contributed by atoms with Crippen LogP contribution in [0.15, 0.2) is 48.9 Å². The fourth-order valence-electron chi connectivity index (χ4n) is 4.16. The van der Waals surface area contributed by atoms with Gasteiger partial charge in [-0.2, -0.15) is 5.10 Å². The van der Waals surface area contributed by atoms with E-state index in [1.165, 1.54) is 35.2 Å². The summed E-state index contributed by atoms with van der Waals surface area (Å²) in [7, 11) is 0. The molecule has 1 aromatic carbocycles. The number of carbonyl (C=O) groups excluding carboxylic acids is 1. The molecule has 0 bridgehead atoms. The summed E-state index contributed by atoms with van der Waals surface area (Å²) in [6, 6.07) is 10.1. The van der Waals surface area contributed by atoms with Crippen LogP contribution in [0.1, 0.15) is 58.8 Å². The molecular formula is C24H28N4O. The highest BCUT2D eigenvalue weighted by Crippen LogP contribution is 2.26. The normalized spacial score (nSPS) is 14.3. The van der Waals surface area contributed by atoms with Crippen LogP contribution in [0.3, 0.4) is 0 Å². The second kappa shape index (κ2) is 8.60. The van der Waals surface area contributed by atoms with Crippen molar-refractivity contribution in [1.82, 2.24) is 20.1 Å². The third-order valence-corrected chi connectivity index (χ3v) is 5.79. The average molecular weight is 389 g/mol. The SMILES string of the molecule is Cc1ccc(C)c(C(NC(=O)CCn2ncc3c2CCCC3)c2ccncc2)c1. The number of aryl methyl sites for hydroxylation is 4. The Hall–Kier alpha value is -2.95. The van der Waals surface area contributed by atoms with Gasteiger partial charge < -0.3 is 5.32 Å². The summed E-state index contributed by atoms with van der Waals surface area (Å²) in [5.41, 5.74) is 7.17. The minimum Gasteiger partial charge on any atom is -0.345 e. The van der Waals surface area contributed by atoms with Gasteiger partial charge in [0, 0.05) is 31.1 Å². The van der Waals surface area contributed by atoms with Crippen LogP contribution in [-0.4, -0.2) is 20.7 Å². The van der Waals surface area contributed by atoms with Gasteiger partial charge in [-0.25, -0.2) is 0 Å². The molecular weight excluding hydrogens is 360 g/mol. The summed E-state index contributed by atoms with van der Waals surface area (Å²) in [6.07, 6.45) is 10.6. The zero-order valence-corrected chi connectivity index (χ0v) is 17.2. The van der Waals surface area contributed by atoms with Gasteiger partial charge in [0.1, 0.15) is 0 Å². The lowest BCUT2D eigenvalue weighted by molar-refractivity contribution is -0.121. The van der Waals surface area contributed by atoms with Crippen molar-refractivity contribution in [3.05, 3.63) is 82.4 Å². The standard InChI is InChI=1S/C24H28N4O/c1-17-7-8-18(2)21(15-17)24(19-9-12-25-13-10-19)27-23(29)11-14-28-22-6-4-3-5-20(22)16-26-28/h7-10,12-13,15-16,24H,3-6,11,14H2,1-2H3,(H,27,29). The fourth-order valence-corrected chi connectivity index (χ4v) is 4.16. The van der Waals surface area contributed by atoms with Crippen LogP contribution >= 0.6 is 0 Å². The van der Waals surface area contributed by atoms with Gasteiger partial charge in [-0.3, -0.25) is 14.5 Å². The average Bonchev–Trinajstić information content (AvgIpc) is 3.16. The smallest absolute Gasteiger partial charge is 0.222 e. The van der Waals surface area contributed by atoms with Crippen LogP contribution in [0.2, 0.25) is 0 Å². The predicted octanol–water partition coefficient (Wildman–Crippen LogP) is 4.07. The molecule has 29 heavy (non-hydrogen) atoms. The van der Waals surface area contributed by atoms with Gasteiger partial charge in [-0.1, -0.05) is 23.8 Å². The zero-order valence-electron chi connectivity index (χ0n) is 17.2. The highest BCUT2D eigenvalue weighted by molar-refractivity contribution is 5.77. The fraction of sp³-hybridized carbons (Fsp3) is 0.375. The number of fused-ring (bicyclic) bond motifs is 1. The van der Waals surface area contributed by atoms with Gasteiger partial charge in [-0.15, -0.1) is 0 Å². The first-order valence-electron chi connectivity index (χ1n) is 10.4. The Kier molecular flexibility index (Phi) is 5.74. The predicted molar refractivity (Wildman–Crippen MR) is 114 cm³/mol. The van der Waals surface area contributed by atoms with Crippen LogP contribution < -0.4 is 5.32 Å². The number of rotatable bonds is 6. The Balaban J connectivity index is 1.51. The molecule has 5 nitrogen and oxygen atoms in total. The summed E-state index contributed by atoms with van der Waals surface area (Å²) >= 11 is 0. The molecule has 1 aliphatic rings. The van der Waals surface area contributed by atoms with Crippen molar-refractivity contribution in [2.75, 3.05) is 0 Å². The molecule has 1 N–H and O–H groups in total. The summed E-state index contributed by atoms with van der Waals surface area (Å²) in [5, 5.41) is 7.77. The van der Waals surface area contributed by atoms with Crippen molar-refractivity contribution >= 4 is 5.91 Å². The van der Waals surface area contributed by atoms with E-state index in [1.807, 2.05) is 23.0 Å². The zero-order chi connectivity index (χ0) is 20.2. The van der Waals surface area contributed by atoms with Crippen molar-refractivity contribution in [2.45, 2.75) is 58.5 Å². The topological polar surface area (TPSA) is 59.8 Å². The van der Waals surface area contributed by atoms with E-state index in [0.717, 1.165) is 24.0 Å². The van der Waals surface area contributed by atoms with Crippen molar-refractivity contribution in [3.63, 3.8) is 0 Å². The number of hydrogen-bond acceptors (Lipinski definition) is 3. The lowest BCUT2D eigenvalue weighted by Crippen LogP contribution is -2.30. The van der Waals surface area contributed by atoms with Crippen LogP contribution in [-0.2, 0) is 24.2 Å². The first-order valence-corrected chi connectivity index (χ1v) is 10.4. The van der Waals surface area contributed by atoms with Crippen LogP contribution in [0.25, 0.3) is 0 Å². The van der Waals surface area contributed by atoms with Gasteiger partial charge in [0.25, 0.3) is 0 Å². The van der Waals surface area contributed by atoms with Crippen molar-refractivity contribution in [2.24, 2.45) is 0 Å². The summed E-state index contributed by atoms with van der Waals surface area (Å²) in [5.74, 6) is 0.0350. The highest BCUT2D eigenvalue weighted by atomic mass is 16.1. The Morgan fingerprint density at radius 1 is 1.14 bits per heavy atom. The minimum absolute atomic E-state index is 0.0350. The highest BCUT2D eigenvalue weighted by Gasteiger charge is 2.20. The number of amides is 1. The number of pyridine rings is 1. The lowest BCUT2D eigenvalue weighted by Gasteiger charge is -2.22. The number of nitrogens with zero attached hydrogens (tertiary/aromatic N) is 3. The van der Waals surface area contributed by atoms with E-state index in [2.05, 4.69) is 47.4 Å². The van der Waals surface area contributed by atoms with E-state index in [-0.39, 0.29) is 11.9 Å². The van der Waals surface area contributed by atoms with Crippen molar-refractivity contribution in [3.8, 4) is 0 Å². The maximum Gasteiger partial charge on any atom is 0.222 e. The third kappa shape index (κ3) is 4.39. The monoisotopic (exact) mass is 388 g/mol. The maximum absolute atomic E-state index is 12.9. The maximum atomic E-state index is 12.9. The molecule has 2 aromatic heterocycles. The molecule has 2 heterocycles. The van der Waals surface area contributed by atoms with E-state index in [4.69, 9.17) is 0 Å². The van der Waals surface area contributed by atoms with Gasteiger partial charge in [0.2, 0.25) is 5.91 Å². The Morgan fingerprint density at radius 2 is 1.93 bits per heavy atom. The molecule has 0 aliphatic heterocycles. The minimum atomic E-state index is -0.183. The molecule has 0 saturated heterocycles. The molecule has 0 saturated carbocycles. The van der Waals surface area contributed by atoms with Gasteiger partial charge in [-0.05, 0) is 73.9 Å². The third-order valence-electron chi connectivity index (χ3n) is 5.79.